The molecule has 1 rings (SSSR count). The number of aliphatic hydroxyl groups excluding tert-OH is 2. The lowest BCUT2D eigenvalue weighted by Gasteiger charge is -2.23. The smallest absolute Gasteiger partial charge is 0.408 e. The van der Waals surface area contributed by atoms with Crippen LogP contribution in [0.15, 0.2) is 30.3 Å². The summed E-state index contributed by atoms with van der Waals surface area (Å²) in [6.45, 7) is 4.44. The van der Waals surface area contributed by atoms with Crippen LogP contribution in [0, 0.1) is 0 Å². The average molecular weight is 410 g/mol. The van der Waals surface area contributed by atoms with E-state index in [1.807, 2.05) is 30.3 Å². The highest BCUT2D eigenvalue weighted by molar-refractivity contribution is 5.86. The molecule has 0 aliphatic carbocycles. The molecule has 9 heteroatoms. The Balaban J connectivity index is 2.60. The van der Waals surface area contributed by atoms with Gasteiger partial charge in [0.1, 0.15) is 18.2 Å². The van der Waals surface area contributed by atoms with Gasteiger partial charge in [0.2, 0.25) is 5.91 Å². The molecule has 0 aliphatic rings. The van der Waals surface area contributed by atoms with E-state index in [2.05, 4.69) is 10.6 Å². The topological polar surface area (TPSA) is 134 Å². The van der Waals surface area contributed by atoms with Crippen LogP contribution in [0.5, 0.6) is 0 Å². The van der Waals surface area contributed by atoms with Gasteiger partial charge in [-0.05, 0) is 32.8 Å². The minimum atomic E-state index is -1.13. The summed E-state index contributed by atoms with van der Waals surface area (Å²) in [5.74, 6) is -1.13. The summed E-state index contributed by atoms with van der Waals surface area (Å²) in [6, 6.07) is 8.08. The number of alkyl carbamates (subject to hydrolysis) is 1. The number of ether oxygens (including phenoxy) is 2. The van der Waals surface area contributed by atoms with Crippen LogP contribution in [-0.2, 0) is 25.7 Å². The zero-order chi connectivity index (χ0) is 21.9. The molecule has 162 valence electrons. The second-order valence-electron chi connectivity index (χ2n) is 7.47. The monoisotopic (exact) mass is 410 g/mol. The highest BCUT2D eigenvalue weighted by atomic mass is 16.6. The number of hydrogen-bond donors (Lipinski definition) is 4. The van der Waals surface area contributed by atoms with E-state index in [4.69, 9.17) is 14.6 Å². The number of amides is 2. The Kier molecular flexibility index (Phi) is 10.1. The zero-order valence-electron chi connectivity index (χ0n) is 17.0. The van der Waals surface area contributed by atoms with Gasteiger partial charge in [-0.2, -0.15) is 0 Å². The van der Waals surface area contributed by atoms with E-state index in [9.17, 15) is 19.5 Å². The summed E-state index contributed by atoms with van der Waals surface area (Å²) in [7, 11) is 0. The van der Waals surface area contributed by atoms with Crippen molar-refractivity contribution in [1.29, 1.82) is 0 Å². The average Bonchev–Trinajstić information content (AvgIpc) is 2.66. The standard InChI is InChI=1S/C20H30N2O7/c1-20(2,3)29-19(27)22-16(18(26)21-11-15(24)12-23)9-10-17(25)28-13-14-7-5-4-6-8-14/h4-8,15-16,23-24H,9-13H2,1-3H3,(H,21,26)(H,22,27). The van der Waals surface area contributed by atoms with E-state index in [0.717, 1.165) is 5.56 Å². The Hall–Kier alpha value is -2.65. The lowest BCUT2D eigenvalue weighted by molar-refractivity contribution is -0.145. The van der Waals surface area contributed by atoms with Crippen molar-refractivity contribution >= 4 is 18.0 Å². The molecule has 2 unspecified atom stereocenters. The lowest BCUT2D eigenvalue weighted by Crippen LogP contribution is -2.50. The molecular formula is C20H30N2O7. The number of benzene rings is 1. The van der Waals surface area contributed by atoms with Crippen LogP contribution in [0.2, 0.25) is 0 Å². The molecular weight excluding hydrogens is 380 g/mol. The largest absolute Gasteiger partial charge is 0.461 e. The van der Waals surface area contributed by atoms with E-state index >= 15 is 0 Å². The fraction of sp³-hybridized carbons (Fsp3) is 0.550. The highest BCUT2D eigenvalue weighted by Gasteiger charge is 2.25. The Morgan fingerprint density at radius 1 is 1.14 bits per heavy atom. The molecule has 0 bridgehead atoms. The van der Waals surface area contributed by atoms with E-state index < -0.39 is 42.3 Å². The predicted molar refractivity (Wildman–Crippen MR) is 105 cm³/mol. The molecule has 4 N–H and O–H groups in total. The van der Waals surface area contributed by atoms with Crippen molar-refractivity contribution in [3.8, 4) is 0 Å². The maximum absolute atomic E-state index is 12.3. The van der Waals surface area contributed by atoms with E-state index in [1.165, 1.54) is 0 Å². The van der Waals surface area contributed by atoms with Gasteiger partial charge in [-0.3, -0.25) is 9.59 Å². The van der Waals surface area contributed by atoms with Gasteiger partial charge in [-0.15, -0.1) is 0 Å². The Morgan fingerprint density at radius 3 is 2.38 bits per heavy atom. The Bertz CT molecular complexity index is 659. The minimum absolute atomic E-state index is 0.0199. The molecule has 2 amide bonds. The molecule has 0 radical (unpaired) electrons. The first-order chi connectivity index (χ1) is 13.6. The van der Waals surface area contributed by atoms with E-state index in [-0.39, 0.29) is 26.0 Å². The SMILES string of the molecule is CC(C)(C)OC(=O)NC(CCC(=O)OCc1ccccc1)C(=O)NCC(O)CO. The highest BCUT2D eigenvalue weighted by Crippen LogP contribution is 2.09. The van der Waals surface area contributed by atoms with Crippen LogP contribution in [0.4, 0.5) is 4.79 Å². The molecule has 0 saturated heterocycles. The molecule has 9 nitrogen and oxygen atoms in total. The van der Waals surface area contributed by atoms with Gasteiger partial charge in [0, 0.05) is 13.0 Å². The van der Waals surface area contributed by atoms with Crippen LogP contribution in [0.1, 0.15) is 39.2 Å². The molecule has 1 aromatic rings. The Labute approximate surface area is 170 Å². The number of carbonyl (C=O) groups is 3. The first-order valence-corrected chi connectivity index (χ1v) is 9.36. The first-order valence-electron chi connectivity index (χ1n) is 9.36. The molecule has 0 spiro atoms. The lowest BCUT2D eigenvalue weighted by atomic mass is 10.1. The third-order valence-corrected chi connectivity index (χ3v) is 3.61. The minimum Gasteiger partial charge on any atom is -0.461 e. The van der Waals surface area contributed by atoms with Crippen LogP contribution < -0.4 is 10.6 Å². The fourth-order valence-electron chi connectivity index (χ4n) is 2.20. The molecule has 0 fully saturated rings. The summed E-state index contributed by atoms with van der Waals surface area (Å²) in [4.78, 5) is 36.3. The van der Waals surface area contributed by atoms with Crippen molar-refractivity contribution in [2.24, 2.45) is 0 Å². The second-order valence-corrected chi connectivity index (χ2v) is 7.47. The van der Waals surface area contributed by atoms with Crippen molar-refractivity contribution in [2.75, 3.05) is 13.2 Å². The molecule has 29 heavy (non-hydrogen) atoms. The van der Waals surface area contributed by atoms with Crippen molar-refractivity contribution in [1.82, 2.24) is 10.6 Å². The number of esters is 1. The normalized spacial score (nSPS) is 13.1. The molecule has 0 saturated carbocycles. The van der Waals surface area contributed by atoms with Gasteiger partial charge in [0.25, 0.3) is 0 Å². The summed E-state index contributed by atoms with van der Waals surface area (Å²) < 4.78 is 10.3. The van der Waals surface area contributed by atoms with Crippen LogP contribution in [-0.4, -0.2) is 59.1 Å². The number of hydrogen-bond acceptors (Lipinski definition) is 7. The van der Waals surface area contributed by atoms with E-state index in [0.29, 0.717) is 0 Å². The quantitative estimate of drug-likeness (QED) is 0.421. The van der Waals surface area contributed by atoms with Gasteiger partial charge in [0.05, 0.1) is 12.7 Å². The van der Waals surface area contributed by atoms with Crippen molar-refractivity contribution in [2.45, 2.75) is 58.0 Å². The van der Waals surface area contributed by atoms with Crippen LogP contribution in [0.3, 0.4) is 0 Å². The molecule has 1 aromatic carbocycles. The number of carbonyl (C=O) groups excluding carboxylic acids is 3. The Morgan fingerprint density at radius 2 is 1.79 bits per heavy atom. The maximum atomic E-state index is 12.3. The second kappa shape index (κ2) is 12.0. The van der Waals surface area contributed by atoms with Crippen molar-refractivity contribution in [3.63, 3.8) is 0 Å². The number of rotatable bonds is 10. The zero-order valence-corrected chi connectivity index (χ0v) is 17.0. The van der Waals surface area contributed by atoms with E-state index in [1.54, 1.807) is 20.8 Å². The molecule has 2 atom stereocenters. The first kappa shape index (κ1) is 24.4. The van der Waals surface area contributed by atoms with Gasteiger partial charge in [-0.25, -0.2) is 4.79 Å². The van der Waals surface area contributed by atoms with Crippen molar-refractivity contribution < 1.29 is 34.1 Å². The molecule has 0 aromatic heterocycles. The summed E-state index contributed by atoms with van der Waals surface area (Å²) in [6.07, 6.45) is -2.06. The third-order valence-electron chi connectivity index (χ3n) is 3.61. The maximum Gasteiger partial charge on any atom is 0.408 e. The molecule has 0 heterocycles. The van der Waals surface area contributed by atoms with Gasteiger partial charge < -0.3 is 30.3 Å². The summed E-state index contributed by atoms with van der Waals surface area (Å²) in [5, 5.41) is 23.0. The van der Waals surface area contributed by atoms with Gasteiger partial charge in [-0.1, -0.05) is 30.3 Å². The number of aliphatic hydroxyl groups is 2. The third kappa shape index (κ3) is 11.1. The van der Waals surface area contributed by atoms with Crippen LogP contribution in [0.25, 0.3) is 0 Å². The van der Waals surface area contributed by atoms with Gasteiger partial charge in [0.15, 0.2) is 0 Å². The summed E-state index contributed by atoms with van der Waals surface area (Å²) >= 11 is 0. The number of nitrogens with one attached hydrogen (secondary N) is 2. The van der Waals surface area contributed by atoms with Gasteiger partial charge >= 0.3 is 12.1 Å². The fourth-order valence-corrected chi connectivity index (χ4v) is 2.20. The summed E-state index contributed by atoms with van der Waals surface area (Å²) in [5.41, 5.74) is 0.0762. The predicted octanol–water partition coefficient (Wildman–Crippen LogP) is 0.873. The molecule has 0 aliphatic heterocycles. The van der Waals surface area contributed by atoms with Crippen molar-refractivity contribution in [3.05, 3.63) is 35.9 Å². The van der Waals surface area contributed by atoms with Crippen LogP contribution >= 0.6 is 0 Å².